The van der Waals surface area contributed by atoms with Crippen LogP contribution in [0.15, 0.2) is 0 Å². The highest BCUT2D eigenvalue weighted by molar-refractivity contribution is 7.99. The van der Waals surface area contributed by atoms with E-state index in [0.29, 0.717) is 51.9 Å². The molecule has 0 saturated carbocycles. The van der Waals surface area contributed by atoms with Crippen LogP contribution in [-0.4, -0.2) is 91.1 Å². The van der Waals surface area contributed by atoms with Crippen molar-refractivity contribution in [1.82, 2.24) is 19.2 Å². The molecule has 2 aliphatic heterocycles. The molecule has 2 rings (SSSR count). The predicted octanol–water partition coefficient (Wildman–Crippen LogP) is 2.95. The molecule has 2 fully saturated rings. The molecule has 2 heterocycles. The van der Waals surface area contributed by atoms with E-state index in [-0.39, 0.29) is 36.7 Å². The zero-order valence-corrected chi connectivity index (χ0v) is 24.1. The first kappa shape index (κ1) is 30.7. The van der Waals surface area contributed by atoms with E-state index >= 15 is 0 Å². The van der Waals surface area contributed by atoms with Crippen molar-refractivity contribution in [3.05, 3.63) is 0 Å². The molecule has 8 nitrogen and oxygen atoms in total. The fourth-order valence-corrected chi connectivity index (χ4v) is 7.91. The summed E-state index contributed by atoms with van der Waals surface area (Å²) in [7, 11) is -3.69. The van der Waals surface area contributed by atoms with Gasteiger partial charge < -0.3 is 10.6 Å². The van der Waals surface area contributed by atoms with Crippen molar-refractivity contribution in [3.63, 3.8) is 0 Å². The van der Waals surface area contributed by atoms with Gasteiger partial charge in [0.25, 0.3) is 10.2 Å². The van der Waals surface area contributed by atoms with Crippen molar-refractivity contribution >= 4 is 45.5 Å². The normalized spacial score (nSPS) is 22.1. The van der Waals surface area contributed by atoms with Crippen LogP contribution in [0.25, 0.3) is 0 Å². The lowest BCUT2D eigenvalue weighted by Gasteiger charge is -2.38. The molecular weight excluding hydrogens is 504 g/mol. The summed E-state index contributed by atoms with van der Waals surface area (Å²) < 4.78 is 29.7. The number of amides is 2. The van der Waals surface area contributed by atoms with Crippen LogP contribution in [-0.2, 0) is 19.8 Å². The second kappa shape index (κ2) is 17.1. The van der Waals surface area contributed by atoms with Crippen molar-refractivity contribution in [2.24, 2.45) is 11.8 Å². The van der Waals surface area contributed by atoms with E-state index in [0.717, 1.165) is 48.7 Å². The largest absolute Gasteiger partial charge is 0.356 e. The lowest BCUT2D eigenvalue weighted by Crippen LogP contribution is -2.54. The summed E-state index contributed by atoms with van der Waals surface area (Å²) >= 11 is 3.79. The zero-order chi connectivity index (χ0) is 25.5. The van der Waals surface area contributed by atoms with E-state index in [2.05, 4.69) is 24.5 Å². The minimum absolute atomic E-state index is 0.0432. The van der Waals surface area contributed by atoms with Gasteiger partial charge in [-0.05, 0) is 74.4 Å². The molecule has 0 spiro atoms. The van der Waals surface area contributed by atoms with Gasteiger partial charge >= 0.3 is 0 Å². The van der Waals surface area contributed by atoms with Gasteiger partial charge in [-0.3, -0.25) is 9.59 Å². The third-order valence-corrected chi connectivity index (χ3v) is 10.9. The van der Waals surface area contributed by atoms with Crippen molar-refractivity contribution < 1.29 is 18.0 Å². The number of carbonyl (C=O) groups is 2. The molecule has 2 amide bonds. The van der Waals surface area contributed by atoms with Crippen LogP contribution < -0.4 is 10.6 Å². The van der Waals surface area contributed by atoms with E-state index < -0.39 is 10.2 Å². The number of nitrogens with one attached hydrogen (secondary N) is 2. The van der Waals surface area contributed by atoms with Crippen LogP contribution in [0.5, 0.6) is 0 Å². The van der Waals surface area contributed by atoms with Crippen LogP contribution in [0.1, 0.15) is 65.2 Å². The Balaban J connectivity index is 1.80. The summed E-state index contributed by atoms with van der Waals surface area (Å²) in [5, 5.41) is 5.99. The standard InChI is InChI=1S/C24H46N4O4S3/c1-3-15-33-17-7-11-25-23(29)21-9-5-13-27(19-21)35(31,32)28-14-6-10-22(20-28)24(30)26-12-8-18-34-16-4-2/h21-22H,3-20H2,1-2H3,(H,25,29)(H,26,30)/t21-,22+. The maximum Gasteiger partial charge on any atom is 0.282 e. The summed E-state index contributed by atoms with van der Waals surface area (Å²) in [6.45, 7) is 6.91. The second-order valence-corrected chi connectivity index (χ2v) is 13.8. The van der Waals surface area contributed by atoms with Gasteiger partial charge in [-0.1, -0.05) is 13.8 Å². The van der Waals surface area contributed by atoms with Crippen molar-refractivity contribution in [2.45, 2.75) is 65.2 Å². The lowest BCUT2D eigenvalue weighted by atomic mass is 9.99. The van der Waals surface area contributed by atoms with Crippen LogP contribution in [0.4, 0.5) is 0 Å². The summed E-state index contributed by atoms with van der Waals surface area (Å²) in [6, 6.07) is 0. The fraction of sp³-hybridized carbons (Fsp3) is 0.917. The molecule has 0 bridgehead atoms. The Bertz CT molecular complexity index is 684. The summed E-state index contributed by atoms with van der Waals surface area (Å²) in [6.07, 6.45) is 6.96. The highest BCUT2D eigenvalue weighted by Gasteiger charge is 2.39. The highest BCUT2D eigenvalue weighted by atomic mass is 32.2. The minimum atomic E-state index is -3.69. The molecule has 2 aliphatic rings. The highest BCUT2D eigenvalue weighted by Crippen LogP contribution is 2.25. The van der Waals surface area contributed by atoms with E-state index in [9.17, 15) is 18.0 Å². The summed E-state index contributed by atoms with van der Waals surface area (Å²) in [5.74, 6) is 3.63. The first-order chi connectivity index (χ1) is 16.9. The maximum atomic E-state index is 13.4. The Morgan fingerprint density at radius 3 is 1.60 bits per heavy atom. The quantitative estimate of drug-likeness (QED) is 0.287. The second-order valence-electron chi connectivity index (χ2n) is 9.42. The molecule has 35 heavy (non-hydrogen) atoms. The van der Waals surface area contributed by atoms with E-state index in [1.807, 2.05) is 23.5 Å². The molecule has 2 N–H and O–H groups in total. The van der Waals surface area contributed by atoms with Gasteiger partial charge in [0.05, 0.1) is 11.8 Å². The van der Waals surface area contributed by atoms with E-state index in [1.165, 1.54) is 8.61 Å². The molecule has 0 aromatic heterocycles. The average molecular weight is 551 g/mol. The smallest absolute Gasteiger partial charge is 0.282 e. The van der Waals surface area contributed by atoms with Crippen molar-refractivity contribution in [3.8, 4) is 0 Å². The predicted molar refractivity (Wildman–Crippen MR) is 148 cm³/mol. The SMILES string of the molecule is CCCSCCCNC(=O)[C@@H]1CCCN(S(=O)(=O)N2CCC[C@H](C(=O)NCCCSCCC)C2)C1. The Labute approximate surface area is 221 Å². The van der Waals surface area contributed by atoms with Gasteiger partial charge in [0.2, 0.25) is 11.8 Å². The van der Waals surface area contributed by atoms with Crippen LogP contribution >= 0.6 is 23.5 Å². The summed E-state index contributed by atoms with van der Waals surface area (Å²) in [5.41, 5.74) is 0. The Hall–Kier alpha value is -0.490. The first-order valence-corrected chi connectivity index (χ1v) is 17.1. The molecule has 204 valence electrons. The van der Waals surface area contributed by atoms with Gasteiger partial charge in [-0.15, -0.1) is 0 Å². The summed E-state index contributed by atoms with van der Waals surface area (Å²) in [4.78, 5) is 25.3. The number of thioether (sulfide) groups is 2. The number of carbonyl (C=O) groups excluding carboxylic acids is 2. The van der Waals surface area contributed by atoms with Crippen LogP contribution in [0, 0.1) is 11.8 Å². The molecule has 0 aromatic rings. The van der Waals surface area contributed by atoms with E-state index in [1.54, 1.807) is 0 Å². The fourth-order valence-electron chi connectivity index (χ4n) is 4.45. The lowest BCUT2D eigenvalue weighted by molar-refractivity contribution is -0.126. The monoisotopic (exact) mass is 550 g/mol. The van der Waals surface area contributed by atoms with Gasteiger partial charge in [0.15, 0.2) is 0 Å². The van der Waals surface area contributed by atoms with Gasteiger partial charge in [-0.25, -0.2) is 0 Å². The average Bonchev–Trinajstić information content (AvgIpc) is 2.88. The third kappa shape index (κ3) is 10.8. The number of nitrogens with zero attached hydrogens (tertiary/aromatic N) is 2. The Kier molecular flexibility index (Phi) is 15.0. The number of hydrogen-bond acceptors (Lipinski definition) is 6. The first-order valence-electron chi connectivity index (χ1n) is 13.4. The van der Waals surface area contributed by atoms with Gasteiger partial charge in [0, 0.05) is 39.3 Å². The number of hydrogen-bond donors (Lipinski definition) is 2. The Morgan fingerprint density at radius 1 is 0.771 bits per heavy atom. The number of rotatable bonds is 16. The van der Waals surface area contributed by atoms with Crippen molar-refractivity contribution in [1.29, 1.82) is 0 Å². The topological polar surface area (TPSA) is 98.8 Å². The molecule has 2 atom stereocenters. The maximum absolute atomic E-state index is 13.4. The Morgan fingerprint density at radius 2 is 1.20 bits per heavy atom. The molecular formula is C24H46N4O4S3. The zero-order valence-electron chi connectivity index (χ0n) is 21.6. The van der Waals surface area contributed by atoms with Crippen molar-refractivity contribution in [2.75, 3.05) is 62.3 Å². The van der Waals surface area contributed by atoms with Crippen LogP contribution in [0.3, 0.4) is 0 Å². The molecule has 2 saturated heterocycles. The van der Waals surface area contributed by atoms with E-state index in [4.69, 9.17) is 0 Å². The minimum Gasteiger partial charge on any atom is -0.356 e. The van der Waals surface area contributed by atoms with Crippen LogP contribution in [0.2, 0.25) is 0 Å². The van der Waals surface area contributed by atoms with Gasteiger partial charge in [0.1, 0.15) is 0 Å². The molecule has 0 radical (unpaired) electrons. The molecule has 11 heteroatoms. The molecule has 0 aliphatic carbocycles. The van der Waals surface area contributed by atoms with Gasteiger partial charge in [-0.2, -0.15) is 40.6 Å². The number of piperidine rings is 2. The molecule has 0 unspecified atom stereocenters. The molecule has 0 aromatic carbocycles. The third-order valence-electron chi connectivity index (χ3n) is 6.39.